The van der Waals surface area contributed by atoms with Crippen molar-refractivity contribution >= 4 is 0 Å². The predicted octanol–water partition coefficient (Wildman–Crippen LogP) is -2.57. The number of rotatable bonds is 0. The Labute approximate surface area is 75.5 Å². The van der Waals surface area contributed by atoms with Crippen molar-refractivity contribution in [1.29, 1.82) is 0 Å². The molecule has 0 unspecified atom stereocenters. The van der Waals surface area contributed by atoms with Gasteiger partial charge in [-0.15, -0.1) is 0 Å². The van der Waals surface area contributed by atoms with Crippen molar-refractivity contribution in [2.75, 3.05) is 7.11 Å². The largest absolute Gasteiger partial charge is 1.00 e. The summed E-state index contributed by atoms with van der Waals surface area (Å²) in [6.07, 6.45) is 0. The van der Waals surface area contributed by atoms with E-state index in [9.17, 15) is 0 Å². The first-order chi connectivity index (χ1) is 1.41. The Bertz CT molecular complexity index is 6.00. The van der Waals surface area contributed by atoms with Crippen molar-refractivity contribution in [3.05, 3.63) is 7.11 Å². The van der Waals surface area contributed by atoms with Gasteiger partial charge in [0.05, 0.1) is 0 Å². The maximum Gasteiger partial charge on any atom is 1.00 e. The quantitative estimate of drug-likeness (QED) is 0.328. The molecular formula is C2H5ORb. The van der Waals surface area contributed by atoms with Crippen LogP contribution in [0.25, 0.3) is 0 Å². The average Bonchev–Trinajstić information content (AvgIpc) is 0.918. The van der Waals surface area contributed by atoms with Crippen LogP contribution in [-0.4, -0.2) is 7.11 Å². The second-order valence-corrected chi connectivity index (χ2v) is 0.289. The zero-order chi connectivity index (χ0) is 2.71. The van der Waals surface area contributed by atoms with Crippen LogP contribution in [0.15, 0.2) is 0 Å². The van der Waals surface area contributed by atoms with Crippen LogP contribution in [0.3, 0.4) is 0 Å². The number of ether oxygens (including phenoxy) is 1. The Balaban J connectivity index is 0. The van der Waals surface area contributed by atoms with Crippen LogP contribution in [0.1, 0.15) is 0 Å². The van der Waals surface area contributed by atoms with Crippen LogP contribution in [0.2, 0.25) is 0 Å². The molecule has 0 aliphatic heterocycles. The molecule has 0 aromatic heterocycles. The molecule has 0 saturated heterocycles. The summed E-state index contributed by atoms with van der Waals surface area (Å²) in [5.41, 5.74) is 0. The molecule has 4 heavy (non-hydrogen) atoms. The molecule has 0 rings (SSSR count). The summed E-state index contributed by atoms with van der Waals surface area (Å²) in [4.78, 5) is 0. The standard InChI is InChI=1S/C2H5O.Rb/c1-3-2;/h1H2,2H3;/q-1;+1. The van der Waals surface area contributed by atoms with E-state index in [2.05, 4.69) is 11.8 Å². The van der Waals surface area contributed by atoms with Crippen LogP contribution in [0.4, 0.5) is 0 Å². The summed E-state index contributed by atoms with van der Waals surface area (Å²) in [5.74, 6) is 0. The van der Waals surface area contributed by atoms with Crippen LogP contribution in [0.5, 0.6) is 0 Å². The van der Waals surface area contributed by atoms with Gasteiger partial charge in [-0.1, -0.05) is 0 Å². The molecule has 0 aliphatic rings. The van der Waals surface area contributed by atoms with E-state index < -0.39 is 0 Å². The minimum atomic E-state index is 0. The third kappa shape index (κ3) is 9.24. The summed E-state index contributed by atoms with van der Waals surface area (Å²) in [7, 11) is 4.50. The summed E-state index contributed by atoms with van der Waals surface area (Å²) in [6, 6.07) is 0. The Hall–Kier alpha value is 1.77. The van der Waals surface area contributed by atoms with Crippen molar-refractivity contribution in [2.45, 2.75) is 0 Å². The van der Waals surface area contributed by atoms with E-state index in [-0.39, 0.29) is 58.2 Å². The van der Waals surface area contributed by atoms with Crippen LogP contribution in [-0.2, 0) is 4.74 Å². The first-order valence-corrected chi connectivity index (χ1v) is 0.697. The van der Waals surface area contributed by atoms with Gasteiger partial charge in [-0.05, 0) is 7.11 Å². The SMILES string of the molecule is [CH2-]OC.[Rb+]. The summed E-state index contributed by atoms with van der Waals surface area (Å²) < 4.78 is 4.00. The Morgan fingerprint density at radius 3 is 1.75 bits per heavy atom. The molecule has 0 aliphatic carbocycles. The molecule has 0 saturated carbocycles. The van der Waals surface area contributed by atoms with Gasteiger partial charge in [0.15, 0.2) is 0 Å². The zero-order valence-electron chi connectivity index (χ0n) is 3.12. The first kappa shape index (κ1) is 9.23. The second-order valence-electron chi connectivity index (χ2n) is 0.289. The fourth-order valence-electron chi connectivity index (χ4n) is 0. The van der Waals surface area contributed by atoms with Gasteiger partial charge < -0.3 is 4.74 Å². The molecule has 0 radical (unpaired) electrons. The van der Waals surface area contributed by atoms with Gasteiger partial charge in [-0.2, -0.15) is 0 Å². The van der Waals surface area contributed by atoms with Gasteiger partial charge in [0.25, 0.3) is 0 Å². The normalized spacial score (nSPS) is 4.50. The molecular weight excluding hydrogens is 125 g/mol. The van der Waals surface area contributed by atoms with Crippen LogP contribution in [0, 0.1) is 7.11 Å². The Morgan fingerprint density at radius 2 is 1.75 bits per heavy atom. The molecule has 0 fully saturated rings. The molecule has 0 N–H and O–H groups in total. The molecule has 20 valence electrons. The van der Waals surface area contributed by atoms with E-state index >= 15 is 0 Å². The first-order valence-electron chi connectivity index (χ1n) is 0.697. The predicted molar refractivity (Wildman–Crippen MR) is 12.4 cm³/mol. The molecule has 1 nitrogen and oxygen atoms in total. The van der Waals surface area contributed by atoms with E-state index in [0.29, 0.717) is 0 Å². The van der Waals surface area contributed by atoms with E-state index in [1.165, 1.54) is 7.11 Å². The van der Waals surface area contributed by atoms with E-state index in [4.69, 9.17) is 0 Å². The van der Waals surface area contributed by atoms with Gasteiger partial charge in [-0.3, -0.25) is 0 Å². The minimum Gasteiger partial charge on any atom is -0.557 e. The molecule has 0 amide bonds. The minimum absolute atomic E-state index is 0. The summed E-state index contributed by atoms with van der Waals surface area (Å²) in [5, 5.41) is 0. The maximum absolute atomic E-state index is 4.00. The molecule has 0 aromatic rings. The van der Waals surface area contributed by atoms with Crippen LogP contribution < -0.4 is 58.2 Å². The summed E-state index contributed by atoms with van der Waals surface area (Å²) in [6.45, 7) is 0. The van der Waals surface area contributed by atoms with E-state index in [1.54, 1.807) is 0 Å². The monoisotopic (exact) mass is 130 g/mol. The number of methoxy groups -OCH3 is 1. The van der Waals surface area contributed by atoms with Crippen molar-refractivity contribution in [2.24, 2.45) is 0 Å². The van der Waals surface area contributed by atoms with Crippen molar-refractivity contribution in [1.82, 2.24) is 0 Å². The smallest absolute Gasteiger partial charge is 0.557 e. The molecule has 0 bridgehead atoms. The summed E-state index contributed by atoms with van der Waals surface area (Å²) >= 11 is 0. The topological polar surface area (TPSA) is 9.23 Å². The number of hydrogen-bond acceptors (Lipinski definition) is 1. The van der Waals surface area contributed by atoms with Crippen molar-refractivity contribution in [3.63, 3.8) is 0 Å². The second kappa shape index (κ2) is 8.83. The van der Waals surface area contributed by atoms with Gasteiger partial charge >= 0.3 is 58.2 Å². The third-order valence-electron chi connectivity index (χ3n) is 0. The molecule has 0 aromatic carbocycles. The Morgan fingerprint density at radius 1 is 1.75 bits per heavy atom. The van der Waals surface area contributed by atoms with E-state index in [0.717, 1.165) is 0 Å². The van der Waals surface area contributed by atoms with Gasteiger partial charge in [0, 0.05) is 0 Å². The van der Waals surface area contributed by atoms with Gasteiger partial charge in [0.2, 0.25) is 0 Å². The van der Waals surface area contributed by atoms with Crippen LogP contribution >= 0.6 is 0 Å². The fourth-order valence-corrected chi connectivity index (χ4v) is 0. The molecule has 2 heteroatoms. The zero-order valence-corrected chi connectivity index (χ0v) is 8.03. The fraction of sp³-hybridized carbons (Fsp3) is 0.500. The van der Waals surface area contributed by atoms with Gasteiger partial charge in [-0.25, -0.2) is 7.11 Å². The number of hydrogen-bond donors (Lipinski definition) is 0. The third-order valence-corrected chi connectivity index (χ3v) is 0. The van der Waals surface area contributed by atoms with Crippen molar-refractivity contribution < 1.29 is 62.9 Å². The molecule has 0 atom stereocenters. The van der Waals surface area contributed by atoms with Crippen molar-refractivity contribution in [3.8, 4) is 0 Å². The Kier molecular flexibility index (Phi) is 20.4. The van der Waals surface area contributed by atoms with E-state index in [1.807, 2.05) is 0 Å². The molecule has 0 spiro atoms. The average molecular weight is 131 g/mol. The molecule has 0 heterocycles. The van der Waals surface area contributed by atoms with Gasteiger partial charge in [0.1, 0.15) is 0 Å². The maximum atomic E-state index is 4.00.